The molecule has 1 aromatic heterocycles. The van der Waals surface area contributed by atoms with Gasteiger partial charge in [-0.3, -0.25) is 4.79 Å². The Morgan fingerprint density at radius 1 is 1.36 bits per heavy atom. The number of imidazole rings is 1. The van der Waals surface area contributed by atoms with Gasteiger partial charge in [0.05, 0.1) is 29.5 Å². The number of nitrogens with zero attached hydrogens (tertiary/aromatic N) is 3. The second-order valence-corrected chi connectivity index (χ2v) is 6.66. The molecule has 1 amide bonds. The molecule has 1 spiro atoms. The minimum atomic E-state index is 0.125. The summed E-state index contributed by atoms with van der Waals surface area (Å²) in [6.07, 6.45) is 5.08. The predicted molar refractivity (Wildman–Crippen MR) is 83.7 cm³/mol. The molecule has 0 aliphatic carbocycles. The van der Waals surface area contributed by atoms with Crippen molar-refractivity contribution in [1.29, 1.82) is 0 Å². The number of piperidine rings is 1. The molecule has 5 heteroatoms. The lowest BCUT2D eigenvalue weighted by Gasteiger charge is -2.39. The fourth-order valence-corrected chi connectivity index (χ4v) is 3.91. The van der Waals surface area contributed by atoms with E-state index in [4.69, 9.17) is 4.74 Å². The number of hydrogen-bond donors (Lipinski definition) is 0. The molecule has 1 unspecified atom stereocenters. The molecule has 116 valence electrons. The van der Waals surface area contributed by atoms with Gasteiger partial charge in [-0.1, -0.05) is 6.07 Å². The second kappa shape index (κ2) is 5.09. The first-order chi connectivity index (χ1) is 10.7. The van der Waals surface area contributed by atoms with Crippen LogP contribution in [0.2, 0.25) is 0 Å². The largest absolute Gasteiger partial charge is 0.381 e. The maximum atomic E-state index is 13.0. The summed E-state index contributed by atoms with van der Waals surface area (Å²) in [6.45, 7) is 3.29. The van der Waals surface area contributed by atoms with Crippen LogP contribution < -0.4 is 0 Å². The van der Waals surface area contributed by atoms with Gasteiger partial charge in [-0.2, -0.15) is 0 Å². The summed E-state index contributed by atoms with van der Waals surface area (Å²) in [5.74, 6) is 0.125. The highest BCUT2D eigenvalue weighted by atomic mass is 16.5. The van der Waals surface area contributed by atoms with E-state index in [-0.39, 0.29) is 11.3 Å². The summed E-state index contributed by atoms with van der Waals surface area (Å²) in [5.41, 5.74) is 2.75. The summed E-state index contributed by atoms with van der Waals surface area (Å²) in [6, 6.07) is 5.79. The molecule has 0 saturated carbocycles. The Morgan fingerprint density at radius 3 is 3.09 bits per heavy atom. The Balaban J connectivity index is 1.67. The molecule has 1 atom stereocenters. The minimum absolute atomic E-state index is 0.125. The highest BCUT2D eigenvalue weighted by molar-refractivity contribution is 6.05. The number of benzene rings is 1. The Hall–Kier alpha value is -1.88. The molecule has 2 aliphatic rings. The van der Waals surface area contributed by atoms with Crippen LogP contribution in [0.15, 0.2) is 24.5 Å². The quantitative estimate of drug-likeness (QED) is 0.811. The van der Waals surface area contributed by atoms with E-state index < -0.39 is 0 Å². The molecular formula is C17H21N3O2. The van der Waals surface area contributed by atoms with E-state index in [0.29, 0.717) is 0 Å². The predicted octanol–water partition coefficient (Wildman–Crippen LogP) is 2.22. The van der Waals surface area contributed by atoms with Gasteiger partial charge in [-0.15, -0.1) is 0 Å². The van der Waals surface area contributed by atoms with E-state index in [0.717, 1.165) is 55.7 Å². The zero-order chi connectivity index (χ0) is 15.2. The van der Waals surface area contributed by atoms with Crippen LogP contribution in [0.3, 0.4) is 0 Å². The lowest BCUT2D eigenvalue weighted by molar-refractivity contribution is 0.0464. The van der Waals surface area contributed by atoms with Crippen molar-refractivity contribution in [2.24, 2.45) is 12.5 Å². The van der Waals surface area contributed by atoms with Crippen molar-refractivity contribution >= 4 is 16.9 Å². The van der Waals surface area contributed by atoms with Crippen molar-refractivity contribution in [2.75, 3.05) is 26.3 Å². The zero-order valence-electron chi connectivity index (χ0n) is 12.9. The molecule has 22 heavy (non-hydrogen) atoms. The number of ether oxygens (including phenoxy) is 1. The van der Waals surface area contributed by atoms with Crippen LogP contribution in [0, 0.1) is 5.41 Å². The number of likely N-dealkylation sites (tertiary alicyclic amines) is 1. The fourth-order valence-electron chi connectivity index (χ4n) is 3.91. The molecule has 0 bridgehead atoms. The normalized spacial score (nSPS) is 25.2. The third-order valence-corrected chi connectivity index (χ3v) is 5.10. The van der Waals surface area contributed by atoms with Crippen molar-refractivity contribution in [3.63, 3.8) is 0 Å². The SMILES string of the molecule is Cn1cnc2cccc(C(=O)N3CCCC4(CCOC4)C3)c21. The number of aromatic nitrogens is 2. The highest BCUT2D eigenvalue weighted by Gasteiger charge is 2.40. The first-order valence-corrected chi connectivity index (χ1v) is 7.96. The van der Waals surface area contributed by atoms with Crippen molar-refractivity contribution in [1.82, 2.24) is 14.5 Å². The Bertz CT molecular complexity index is 716. The molecule has 2 aromatic rings. The average Bonchev–Trinajstić information content (AvgIpc) is 3.14. The van der Waals surface area contributed by atoms with Gasteiger partial charge in [-0.05, 0) is 31.4 Å². The van der Waals surface area contributed by atoms with Crippen LogP contribution in [0.5, 0.6) is 0 Å². The number of carbonyl (C=O) groups is 1. The zero-order valence-corrected chi connectivity index (χ0v) is 12.9. The van der Waals surface area contributed by atoms with Crippen LogP contribution >= 0.6 is 0 Å². The van der Waals surface area contributed by atoms with E-state index >= 15 is 0 Å². The summed E-state index contributed by atoms with van der Waals surface area (Å²) < 4.78 is 7.53. The Labute approximate surface area is 129 Å². The monoisotopic (exact) mass is 299 g/mol. The Kier molecular flexibility index (Phi) is 3.18. The van der Waals surface area contributed by atoms with Crippen LogP contribution in [-0.2, 0) is 11.8 Å². The maximum absolute atomic E-state index is 13.0. The Morgan fingerprint density at radius 2 is 2.27 bits per heavy atom. The van der Waals surface area contributed by atoms with E-state index in [1.165, 1.54) is 6.42 Å². The van der Waals surface area contributed by atoms with Crippen molar-refractivity contribution in [3.8, 4) is 0 Å². The number of aryl methyl sites for hydroxylation is 1. The number of hydrogen-bond acceptors (Lipinski definition) is 3. The van der Waals surface area contributed by atoms with E-state index in [1.807, 2.05) is 34.7 Å². The van der Waals surface area contributed by atoms with Gasteiger partial charge < -0.3 is 14.2 Å². The molecule has 1 aromatic carbocycles. The van der Waals surface area contributed by atoms with Gasteiger partial charge in [0.15, 0.2) is 0 Å². The van der Waals surface area contributed by atoms with Crippen molar-refractivity contribution < 1.29 is 9.53 Å². The third kappa shape index (κ3) is 2.11. The number of fused-ring (bicyclic) bond motifs is 1. The minimum Gasteiger partial charge on any atom is -0.381 e. The summed E-state index contributed by atoms with van der Waals surface area (Å²) in [5, 5.41) is 0. The molecule has 2 saturated heterocycles. The average molecular weight is 299 g/mol. The lowest BCUT2D eigenvalue weighted by atomic mass is 9.79. The highest BCUT2D eigenvalue weighted by Crippen LogP contribution is 2.38. The van der Waals surface area contributed by atoms with E-state index in [2.05, 4.69) is 4.98 Å². The second-order valence-electron chi connectivity index (χ2n) is 6.66. The topological polar surface area (TPSA) is 47.4 Å². The number of carbonyl (C=O) groups excluding carboxylic acids is 1. The summed E-state index contributed by atoms with van der Waals surface area (Å²) in [4.78, 5) is 19.4. The first-order valence-electron chi connectivity index (χ1n) is 7.96. The van der Waals surface area contributed by atoms with Gasteiger partial charge in [0, 0.05) is 32.2 Å². The van der Waals surface area contributed by atoms with E-state index in [1.54, 1.807) is 6.33 Å². The molecule has 2 aliphatic heterocycles. The van der Waals surface area contributed by atoms with Gasteiger partial charge >= 0.3 is 0 Å². The molecule has 3 heterocycles. The maximum Gasteiger partial charge on any atom is 0.256 e. The van der Waals surface area contributed by atoms with E-state index in [9.17, 15) is 4.79 Å². The third-order valence-electron chi connectivity index (χ3n) is 5.10. The first kappa shape index (κ1) is 13.8. The molecule has 4 rings (SSSR count). The van der Waals surface area contributed by atoms with Crippen LogP contribution in [-0.4, -0.2) is 46.7 Å². The van der Waals surface area contributed by atoms with Crippen LogP contribution in [0.25, 0.3) is 11.0 Å². The molecule has 0 N–H and O–H groups in total. The van der Waals surface area contributed by atoms with Crippen molar-refractivity contribution in [2.45, 2.75) is 19.3 Å². The van der Waals surface area contributed by atoms with Gasteiger partial charge in [-0.25, -0.2) is 4.98 Å². The summed E-state index contributed by atoms with van der Waals surface area (Å²) in [7, 11) is 1.94. The van der Waals surface area contributed by atoms with Gasteiger partial charge in [0.25, 0.3) is 5.91 Å². The standard InChI is InChI=1S/C17H21N3O2/c1-19-12-18-14-5-2-4-13(15(14)19)16(21)20-8-3-6-17(10-20)7-9-22-11-17/h2,4-5,12H,3,6-11H2,1H3. The number of amides is 1. The smallest absolute Gasteiger partial charge is 0.256 e. The van der Waals surface area contributed by atoms with Crippen LogP contribution in [0.1, 0.15) is 29.6 Å². The van der Waals surface area contributed by atoms with Gasteiger partial charge in [0.2, 0.25) is 0 Å². The lowest BCUT2D eigenvalue weighted by Crippen LogP contribution is -2.46. The molecule has 0 radical (unpaired) electrons. The van der Waals surface area contributed by atoms with Gasteiger partial charge in [0.1, 0.15) is 0 Å². The fraction of sp³-hybridized carbons (Fsp3) is 0.529. The molecule has 5 nitrogen and oxygen atoms in total. The summed E-state index contributed by atoms with van der Waals surface area (Å²) >= 11 is 0. The number of rotatable bonds is 1. The number of para-hydroxylation sites is 1. The molecular weight excluding hydrogens is 278 g/mol. The van der Waals surface area contributed by atoms with Crippen LogP contribution in [0.4, 0.5) is 0 Å². The van der Waals surface area contributed by atoms with Crippen molar-refractivity contribution in [3.05, 3.63) is 30.1 Å². The molecule has 2 fully saturated rings.